The molecule has 0 aromatic heterocycles. The van der Waals surface area contributed by atoms with Crippen LogP contribution in [-0.4, -0.2) is 44.1 Å². The van der Waals surface area contributed by atoms with Gasteiger partial charge in [-0.3, -0.25) is 0 Å². The normalized spacial score (nSPS) is 10.4. The van der Waals surface area contributed by atoms with Crippen LogP contribution in [0.3, 0.4) is 0 Å². The zero-order valence-corrected chi connectivity index (χ0v) is 10.8. The lowest BCUT2D eigenvalue weighted by Gasteiger charge is -2.11. The van der Waals surface area contributed by atoms with Crippen molar-refractivity contribution in [2.45, 2.75) is 13.5 Å². The molecule has 1 aromatic rings. The average Bonchev–Trinajstić information content (AvgIpc) is 2.38. The molecular formula is C12H19BO5. The maximum absolute atomic E-state index is 9.11. The van der Waals surface area contributed by atoms with Crippen molar-refractivity contribution in [2.24, 2.45) is 0 Å². The van der Waals surface area contributed by atoms with E-state index in [0.29, 0.717) is 37.6 Å². The fourth-order valence-corrected chi connectivity index (χ4v) is 1.52. The Hall–Kier alpha value is -1.08. The van der Waals surface area contributed by atoms with Gasteiger partial charge in [0.2, 0.25) is 0 Å². The van der Waals surface area contributed by atoms with Crippen molar-refractivity contribution < 1.29 is 24.3 Å². The predicted octanol–water partition coefficient (Wildman–Crippen LogP) is -0.0719. The van der Waals surface area contributed by atoms with Crippen LogP contribution in [-0.2, 0) is 16.1 Å². The minimum Gasteiger partial charge on any atom is -0.496 e. The van der Waals surface area contributed by atoms with Gasteiger partial charge in [-0.1, -0.05) is 12.1 Å². The Kier molecular flexibility index (Phi) is 6.74. The summed E-state index contributed by atoms with van der Waals surface area (Å²) in [5.74, 6) is 0.663. The van der Waals surface area contributed by atoms with Gasteiger partial charge in [0.25, 0.3) is 0 Å². The zero-order valence-electron chi connectivity index (χ0n) is 10.8. The summed E-state index contributed by atoms with van der Waals surface area (Å²) in [5, 5.41) is 18.2. The third-order valence-corrected chi connectivity index (χ3v) is 2.44. The van der Waals surface area contributed by atoms with Gasteiger partial charge < -0.3 is 24.3 Å². The topological polar surface area (TPSA) is 68.2 Å². The molecule has 1 rings (SSSR count). The van der Waals surface area contributed by atoms with Gasteiger partial charge >= 0.3 is 7.12 Å². The van der Waals surface area contributed by atoms with Crippen LogP contribution in [0.25, 0.3) is 0 Å². The predicted molar refractivity (Wildman–Crippen MR) is 69.0 cm³/mol. The molecule has 1 aromatic carbocycles. The quantitative estimate of drug-likeness (QED) is 0.502. The van der Waals surface area contributed by atoms with Crippen LogP contribution < -0.4 is 10.2 Å². The maximum Gasteiger partial charge on any atom is 0.488 e. The largest absolute Gasteiger partial charge is 0.496 e. The van der Waals surface area contributed by atoms with E-state index in [-0.39, 0.29) is 0 Å². The molecule has 0 saturated heterocycles. The molecule has 5 nitrogen and oxygen atoms in total. The van der Waals surface area contributed by atoms with E-state index >= 15 is 0 Å². The van der Waals surface area contributed by atoms with Crippen LogP contribution in [0.1, 0.15) is 12.5 Å². The molecule has 0 aliphatic rings. The van der Waals surface area contributed by atoms with Crippen molar-refractivity contribution in [1.29, 1.82) is 0 Å². The minimum atomic E-state index is -1.49. The van der Waals surface area contributed by atoms with Gasteiger partial charge in [0.05, 0.1) is 26.9 Å². The lowest BCUT2D eigenvalue weighted by Crippen LogP contribution is -2.30. The first-order chi connectivity index (χ1) is 8.69. The summed E-state index contributed by atoms with van der Waals surface area (Å²) in [6.45, 7) is 3.97. The second-order valence-electron chi connectivity index (χ2n) is 3.69. The van der Waals surface area contributed by atoms with Gasteiger partial charge in [-0.25, -0.2) is 0 Å². The molecule has 0 aliphatic heterocycles. The van der Waals surface area contributed by atoms with E-state index in [1.165, 1.54) is 0 Å². The SMILES string of the molecule is CCOCCOCc1cc(B(O)O)ccc1OC. The van der Waals surface area contributed by atoms with Crippen LogP contribution >= 0.6 is 0 Å². The number of ether oxygens (including phenoxy) is 3. The molecule has 0 saturated carbocycles. The van der Waals surface area contributed by atoms with Crippen LogP contribution in [0.15, 0.2) is 18.2 Å². The lowest BCUT2D eigenvalue weighted by atomic mass is 9.79. The highest BCUT2D eigenvalue weighted by molar-refractivity contribution is 6.58. The lowest BCUT2D eigenvalue weighted by molar-refractivity contribution is 0.0446. The van der Waals surface area contributed by atoms with Crippen molar-refractivity contribution in [3.8, 4) is 5.75 Å². The Labute approximate surface area is 107 Å². The van der Waals surface area contributed by atoms with Gasteiger partial charge in [-0.05, 0) is 18.5 Å². The zero-order chi connectivity index (χ0) is 13.4. The fraction of sp³-hybridized carbons (Fsp3) is 0.500. The number of hydrogen-bond donors (Lipinski definition) is 2. The van der Waals surface area contributed by atoms with Gasteiger partial charge in [-0.15, -0.1) is 0 Å². The molecule has 0 atom stereocenters. The molecule has 0 bridgehead atoms. The van der Waals surface area contributed by atoms with E-state index < -0.39 is 7.12 Å². The van der Waals surface area contributed by atoms with E-state index in [1.807, 2.05) is 6.92 Å². The van der Waals surface area contributed by atoms with Gasteiger partial charge in [0, 0.05) is 12.2 Å². The average molecular weight is 254 g/mol. The number of rotatable bonds is 8. The monoisotopic (exact) mass is 254 g/mol. The molecule has 0 unspecified atom stereocenters. The summed E-state index contributed by atoms with van der Waals surface area (Å²) >= 11 is 0. The smallest absolute Gasteiger partial charge is 0.488 e. The van der Waals surface area contributed by atoms with Crippen molar-refractivity contribution >= 4 is 12.6 Å². The molecule has 6 heteroatoms. The van der Waals surface area contributed by atoms with Crippen LogP contribution in [0.2, 0.25) is 0 Å². The fourth-order valence-electron chi connectivity index (χ4n) is 1.52. The maximum atomic E-state index is 9.11. The first-order valence-corrected chi connectivity index (χ1v) is 5.87. The summed E-state index contributed by atoms with van der Waals surface area (Å²) in [4.78, 5) is 0. The summed E-state index contributed by atoms with van der Waals surface area (Å²) in [7, 11) is 0.0757. The first kappa shape index (κ1) is 15.0. The van der Waals surface area contributed by atoms with Gasteiger partial charge in [0.15, 0.2) is 0 Å². The highest BCUT2D eigenvalue weighted by atomic mass is 16.5. The molecule has 0 spiro atoms. The molecule has 2 N–H and O–H groups in total. The number of benzene rings is 1. The summed E-state index contributed by atoms with van der Waals surface area (Å²) in [5.41, 5.74) is 1.19. The summed E-state index contributed by atoms with van der Waals surface area (Å²) in [6, 6.07) is 4.95. The van der Waals surface area contributed by atoms with E-state index in [1.54, 1.807) is 25.3 Å². The molecule has 18 heavy (non-hydrogen) atoms. The van der Waals surface area contributed by atoms with Gasteiger partial charge in [0.1, 0.15) is 5.75 Å². The Morgan fingerprint density at radius 2 is 1.89 bits per heavy atom. The van der Waals surface area contributed by atoms with Crippen LogP contribution in [0, 0.1) is 0 Å². The summed E-state index contributed by atoms with van der Waals surface area (Å²) < 4.78 is 15.8. The third-order valence-electron chi connectivity index (χ3n) is 2.44. The highest BCUT2D eigenvalue weighted by Gasteiger charge is 2.13. The minimum absolute atomic E-state index is 0.344. The molecule has 0 aliphatic carbocycles. The summed E-state index contributed by atoms with van der Waals surface area (Å²) in [6.07, 6.45) is 0. The Balaban J connectivity index is 2.58. The molecule has 0 fully saturated rings. The number of hydrogen-bond acceptors (Lipinski definition) is 5. The van der Waals surface area contributed by atoms with Crippen LogP contribution in [0.5, 0.6) is 5.75 Å². The van der Waals surface area contributed by atoms with Crippen molar-refractivity contribution in [3.63, 3.8) is 0 Å². The standard InChI is InChI=1S/C12H19BO5/c1-3-17-6-7-18-9-10-8-11(13(14)15)4-5-12(10)16-2/h4-5,8,14-15H,3,6-7,9H2,1-2H3. The Morgan fingerprint density at radius 1 is 1.17 bits per heavy atom. The van der Waals surface area contributed by atoms with E-state index in [4.69, 9.17) is 24.3 Å². The van der Waals surface area contributed by atoms with Crippen LogP contribution in [0.4, 0.5) is 0 Å². The Morgan fingerprint density at radius 3 is 2.50 bits per heavy atom. The Bertz CT molecular complexity index is 356. The van der Waals surface area contributed by atoms with Crippen molar-refractivity contribution in [1.82, 2.24) is 0 Å². The third kappa shape index (κ3) is 4.66. The second kappa shape index (κ2) is 8.10. The molecular weight excluding hydrogens is 235 g/mol. The second-order valence-corrected chi connectivity index (χ2v) is 3.69. The van der Waals surface area contributed by atoms with Gasteiger partial charge in [-0.2, -0.15) is 0 Å². The molecule has 0 radical (unpaired) electrons. The first-order valence-electron chi connectivity index (χ1n) is 5.87. The molecule has 100 valence electrons. The van der Waals surface area contributed by atoms with Crippen molar-refractivity contribution in [3.05, 3.63) is 23.8 Å². The van der Waals surface area contributed by atoms with E-state index in [2.05, 4.69) is 0 Å². The highest BCUT2D eigenvalue weighted by Crippen LogP contribution is 2.17. The molecule has 0 amide bonds. The number of methoxy groups -OCH3 is 1. The molecule has 0 heterocycles. The van der Waals surface area contributed by atoms with Crippen molar-refractivity contribution in [2.75, 3.05) is 26.9 Å². The van der Waals surface area contributed by atoms with E-state index in [0.717, 1.165) is 5.56 Å². The van der Waals surface area contributed by atoms with E-state index in [9.17, 15) is 0 Å².